The summed E-state index contributed by atoms with van der Waals surface area (Å²) in [6.07, 6.45) is 16.6. The monoisotopic (exact) mass is 454 g/mol. The van der Waals surface area contributed by atoms with Gasteiger partial charge in [0.15, 0.2) is 11.6 Å². The molecule has 0 aliphatic rings. The van der Waals surface area contributed by atoms with E-state index in [1.54, 1.807) is 12.4 Å². The molecule has 0 aliphatic carbocycles. The predicted molar refractivity (Wildman–Crippen MR) is 135 cm³/mol. The lowest BCUT2D eigenvalue weighted by Crippen LogP contribution is -2.08. The van der Waals surface area contributed by atoms with Crippen molar-refractivity contribution < 1.29 is 14.3 Å². The van der Waals surface area contributed by atoms with Gasteiger partial charge in [0.25, 0.3) is 0 Å². The highest BCUT2D eigenvalue weighted by atomic mass is 16.5. The summed E-state index contributed by atoms with van der Waals surface area (Å²) in [4.78, 5) is 20.8. The van der Waals surface area contributed by atoms with Crippen molar-refractivity contribution in [3.63, 3.8) is 0 Å². The first-order valence-electron chi connectivity index (χ1n) is 12.9. The van der Waals surface area contributed by atoms with Gasteiger partial charge in [-0.1, -0.05) is 78.6 Å². The van der Waals surface area contributed by atoms with Crippen molar-refractivity contribution >= 4 is 5.97 Å². The minimum atomic E-state index is -0.218. The Hall–Kier alpha value is -2.43. The van der Waals surface area contributed by atoms with E-state index in [1.165, 1.54) is 51.4 Å². The lowest BCUT2D eigenvalue weighted by molar-refractivity contribution is -0.134. The average molecular weight is 455 g/mol. The van der Waals surface area contributed by atoms with Crippen molar-refractivity contribution in [1.82, 2.24) is 9.97 Å². The van der Waals surface area contributed by atoms with E-state index in [2.05, 4.69) is 30.7 Å². The van der Waals surface area contributed by atoms with Crippen LogP contribution in [0.5, 0.6) is 11.5 Å². The molecule has 1 unspecified atom stereocenters. The highest BCUT2D eigenvalue weighted by Crippen LogP contribution is 2.21. The minimum Gasteiger partial charge on any atom is -0.494 e. The molecule has 5 nitrogen and oxygen atoms in total. The zero-order chi connectivity index (χ0) is 23.7. The van der Waals surface area contributed by atoms with Gasteiger partial charge in [0.1, 0.15) is 5.75 Å². The number of esters is 1. The number of carbonyl (C=O) groups is 1. The number of rotatable bonds is 17. The van der Waals surface area contributed by atoms with E-state index in [1.807, 2.05) is 24.3 Å². The fraction of sp³-hybridized carbons (Fsp3) is 0.607. The molecule has 2 aromatic rings. The van der Waals surface area contributed by atoms with Gasteiger partial charge in [-0.25, -0.2) is 9.97 Å². The quantitative estimate of drug-likeness (QED) is 0.180. The van der Waals surface area contributed by atoms with Crippen molar-refractivity contribution in [2.24, 2.45) is 5.92 Å². The minimum absolute atomic E-state index is 0.218. The third-order valence-electron chi connectivity index (χ3n) is 6.01. The second-order valence-corrected chi connectivity index (χ2v) is 8.97. The first-order chi connectivity index (χ1) is 16.1. The maximum absolute atomic E-state index is 12.1. The number of unbranched alkanes of at least 4 members (excludes halogenated alkanes) is 7. The summed E-state index contributed by atoms with van der Waals surface area (Å²) >= 11 is 0. The number of hydrogen-bond acceptors (Lipinski definition) is 5. The molecular formula is C28H42N2O3. The van der Waals surface area contributed by atoms with Crippen LogP contribution in [0, 0.1) is 5.92 Å². The molecule has 0 radical (unpaired) electrons. The summed E-state index contributed by atoms with van der Waals surface area (Å²) in [6.45, 7) is 7.50. The summed E-state index contributed by atoms with van der Waals surface area (Å²) in [5.41, 5.74) is 0.903. The zero-order valence-electron chi connectivity index (χ0n) is 20.9. The van der Waals surface area contributed by atoms with Crippen LogP contribution in [0.15, 0.2) is 36.7 Å². The molecule has 0 spiro atoms. The van der Waals surface area contributed by atoms with Crippen LogP contribution >= 0.6 is 0 Å². The highest BCUT2D eigenvalue weighted by Gasteiger charge is 2.08. The fourth-order valence-corrected chi connectivity index (χ4v) is 3.62. The van der Waals surface area contributed by atoms with E-state index in [9.17, 15) is 4.79 Å². The van der Waals surface area contributed by atoms with Crippen molar-refractivity contribution in [3.05, 3.63) is 36.7 Å². The third-order valence-corrected chi connectivity index (χ3v) is 6.01. The lowest BCUT2D eigenvalue weighted by atomic mass is 10.0. The van der Waals surface area contributed by atoms with E-state index in [-0.39, 0.29) is 5.97 Å². The van der Waals surface area contributed by atoms with Crippen LogP contribution in [-0.2, 0) is 4.79 Å². The summed E-state index contributed by atoms with van der Waals surface area (Å²) in [6, 6.07) is 7.80. The fourth-order valence-electron chi connectivity index (χ4n) is 3.62. The predicted octanol–water partition coefficient (Wildman–Crippen LogP) is 7.78. The Morgan fingerprint density at radius 3 is 2.21 bits per heavy atom. The molecule has 1 aromatic carbocycles. The molecule has 0 bridgehead atoms. The van der Waals surface area contributed by atoms with Crippen molar-refractivity contribution in [2.45, 2.75) is 97.8 Å². The molecule has 2 rings (SSSR count). The highest BCUT2D eigenvalue weighted by molar-refractivity contribution is 5.72. The number of benzene rings is 1. The normalized spacial score (nSPS) is 11.8. The summed E-state index contributed by atoms with van der Waals surface area (Å²) in [7, 11) is 0. The van der Waals surface area contributed by atoms with E-state index in [4.69, 9.17) is 9.47 Å². The Bertz CT molecular complexity index is 775. The molecular weight excluding hydrogens is 412 g/mol. The summed E-state index contributed by atoms with van der Waals surface area (Å²) in [5.74, 6) is 2.43. The maximum Gasteiger partial charge on any atom is 0.311 e. The summed E-state index contributed by atoms with van der Waals surface area (Å²) in [5, 5.41) is 0. The van der Waals surface area contributed by atoms with Crippen LogP contribution in [0.25, 0.3) is 11.4 Å². The molecule has 0 aliphatic heterocycles. The van der Waals surface area contributed by atoms with E-state index in [0.29, 0.717) is 18.0 Å². The third kappa shape index (κ3) is 11.3. The van der Waals surface area contributed by atoms with Gasteiger partial charge < -0.3 is 9.47 Å². The standard InChI is InChI=1S/C28H42N2O3/c1-4-6-7-10-13-20-32-25-18-16-24(17-19-25)28-29-21-26(22-30-28)33-27(31)15-12-9-8-11-14-23(3)5-2/h16-19,21-23H,4-15,20H2,1-3H3. The van der Waals surface area contributed by atoms with Gasteiger partial charge in [0.05, 0.1) is 19.0 Å². The Kier molecular flexibility index (Phi) is 13.2. The first kappa shape index (κ1) is 26.8. The molecule has 0 fully saturated rings. The largest absolute Gasteiger partial charge is 0.494 e. The number of aromatic nitrogens is 2. The molecule has 5 heteroatoms. The molecule has 0 saturated heterocycles. The average Bonchev–Trinajstić information content (AvgIpc) is 2.84. The van der Waals surface area contributed by atoms with E-state index < -0.39 is 0 Å². The molecule has 1 heterocycles. The zero-order valence-corrected chi connectivity index (χ0v) is 20.9. The van der Waals surface area contributed by atoms with Gasteiger partial charge in [0, 0.05) is 12.0 Å². The van der Waals surface area contributed by atoms with Crippen LogP contribution in [-0.4, -0.2) is 22.5 Å². The van der Waals surface area contributed by atoms with Crippen LogP contribution in [0.3, 0.4) is 0 Å². The van der Waals surface area contributed by atoms with Crippen LogP contribution in [0.1, 0.15) is 97.8 Å². The topological polar surface area (TPSA) is 61.3 Å². The molecule has 33 heavy (non-hydrogen) atoms. The molecule has 0 amide bonds. The van der Waals surface area contributed by atoms with Gasteiger partial charge in [0.2, 0.25) is 0 Å². The second kappa shape index (κ2) is 16.2. The van der Waals surface area contributed by atoms with Crippen molar-refractivity contribution in [2.75, 3.05) is 6.61 Å². The van der Waals surface area contributed by atoms with Crippen molar-refractivity contribution in [1.29, 1.82) is 0 Å². The van der Waals surface area contributed by atoms with Crippen LogP contribution in [0.2, 0.25) is 0 Å². The molecule has 1 aromatic heterocycles. The van der Waals surface area contributed by atoms with Gasteiger partial charge >= 0.3 is 5.97 Å². The van der Waals surface area contributed by atoms with Gasteiger partial charge in [-0.05, 0) is 43.0 Å². The summed E-state index contributed by atoms with van der Waals surface area (Å²) < 4.78 is 11.2. The first-order valence-corrected chi connectivity index (χ1v) is 12.9. The smallest absolute Gasteiger partial charge is 0.311 e. The van der Waals surface area contributed by atoms with E-state index in [0.717, 1.165) is 43.1 Å². The Morgan fingerprint density at radius 1 is 0.848 bits per heavy atom. The molecule has 1 atom stereocenters. The maximum atomic E-state index is 12.1. The molecule has 0 N–H and O–H groups in total. The van der Waals surface area contributed by atoms with Crippen LogP contribution in [0.4, 0.5) is 0 Å². The number of ether oxygens (including phenoxy) is 2. The van der Waals surface area contributed by atoms with Crippen molar-refractivity contribution in [3.8, 4) is 22.9 Å². The van der Waals surface area contributed by atoms with E-state index >= 15 is 0 Å². The Labute approximate surface area is 200 Å². The van der Waals surface area contributed by atoms with Gasteiger partial charge in [-0.2, -0.15) is 0 Å². The molecule has 0 saturated carbocycles. The lowest BCUT2D eigenvalue weighted by Gasteiger charge is -2.08. The Morgan fingerprint density at radius 2 is 1.52 bits per heavy atom. The second-order valence-electron chi connectivity index (χ2n) is 8.97. The van der Waals surface area contributed by atoms with Crippen LogP contribution < -0.4 is 9.47 Å². The number of carbonyl (C=O) groups excluding carboxylic acids is 1. The van der Waals surface area contributed by atoms with Gasteiger partial charge in [-0.3, -0.25) is 4.79 Å². The van der Waals surface area contributed by atoms with Gasteiger partial charge in [-0.15, -0.1) is 0 Å². The number of nitrogens with zero attached hydrogens (tertiary/aromatic N) is 2. The molecule has 182 valence electrons. The Balaban J connectivity index is 1.67. The number of hydrogen-bond donors (Lipinski definition) is 0. The SMILES string of the molecule is CCCCCCCOc1ccc(-c2ncc(OC(=O)CCCCCCC(C)CC)cn2)cc1.